The number of fused-ring (bicyclic) bond motifs is 1. The number of aliphatic carboxylic acids is 1. The van der Waals surface area contributed by atoms with Crippen LogP contribution in [0.5, 0.6) is 0 Å². The van der Waals surface area contributed by atoms with E-state index in [1.54, 1.807) is 6.07 Å². The maximum atomic E-state index is 13.8. The van der Waals surface area contributed by atoms with Crippen molar-refractivity contribution < 1.29 is 19.1 Å². The standard InChI is InChI=1S/C27H26FN3O3.ClH/c1-31(2)16-18-5-11-21(12-6-18)29-26(19-8-3-17(4-9-19)7-14-24(32)33)25-22-13-10-20(28)15-23(22)30-27(25)34;/h3-6,8-13,15,29H,7,14,16H2,1-2H3,(H,30,34)(H,32,33);1H. The number of carbonyl (C=O) groups is 2. The van der Waals surface area contributed by atoms with Crippen molar-refractivity contribution in [2.75, 3.05) is 24.7 Å². The Kier molecular flexibility index (Phi) is 8.27. The fraction of sp³-hybridized carbons (Fsp3) is 0.185. The Balaban J connectivity index is 0.00000342. The highest BCUT2D eigenvalue weighted by Crippen LogP contribution is 2.38. The van der Waals surface area contributed by atoms with Crippen LogP contribution in [0.2, 0.25) is 0 Å². The smallest absolute Gasteiger partial charge is 0.303 e. The van der Waals surface area contributed by atoms with Crippen molar-refractivity contribution in [3.8, 4) is 0 Å². The molecule has 3 N–H and O–H groups in total. The molecule has 4 rings (SSSR count). The Morgan fingerprint density at radius 3 is 2.29 bits per heavy atom. The van der Waals surface area contributed by atoms with Crippen molar-refractivity contribution in [1.29, 1.82) is 0 Å². The average Bonchev–Trinajstić information content (AvgIpc) is 3.11. The first-order valence-electron chi connectivity index (χ1n) is 11.0. The van der Waals surface area contributed by atoms with Crippen molar-refractivity contribution >= 4 is 46.9 Å². The van der Waals surface area contributed by atoms with Gasteiger partial charge in [0.15, 0.2) is 0 Å². The summed E-state index contributed by atoms with van der Waals surface area (Å²) in [4.78, 5) is 25.9. The zero-order valence-corrected chi connectivity index (χ0v) is 20.3. The molecule has 8 heteroatoms. The number of halogens is 2. The van der Waals surface area contributed by atoms with Gasteiger partial charge in [0.2, 0.25) is 0 Å². The minimum atomic E-state index is -0.849. The number of hydrogen-bond acceptors (Lipinski definition) is 4. The van der Waals surface area contributed by atoms with E-state index in [1.807, 2.05) is 62.6 Å². The minimum Gasteiger partial charge on any atom is -0.481 e. The Morgan fingerprint density at radius 1 is 1.00 bits per heavy atom. The lowest BCUT2D eigenvalue weighted by molar-refractivity contribution is -0.137. The van der Waals surface area contributed by atoms with Crippen molar-refractivity contribution in [3.63, 3.8) is 0 Å². The molecule has 3 aromatic carbocycles. The number of anilines is 2. The number of nitrogens with zero attached hydrogens (tertiary/aromatic N) is 1. The molecule has 0 unspecified atom stereocenters. The fourth-order valence-electron chi connectivity index (χ4n) is 3.96. The normalized spacial score (nSPS) is 13.7. The van der Waals surface area contributed by atoms with Crippen molar-refractivity contribution in [3.05, 3.63) is 94.8 Å². The van der Waals surface area contributed by atoms with Crippen LogP contribution in [0.3, 0.4) is 0 Å². The molecular weight excluding hydrogens is 469 g/mol. The van der Waals surface area contributed by atoms with E-state index in [0.717, 1.165) is 28.9 Å². The summed E-state index contributed by atoms with van der Waals surface area (Å²) in [5.74, 6) is -1.59. The van der Waals surface area contributed by atoms with Crippen LogP contribution in [0.25, 0.3) is 11.3 Å². The summed E-state index contributed by atoms with van der Waals surface area (Å²) < 4.78 is 13.8. The average molecular weight is 496 g/mol. The van der Waals surface area contributed by atoms with Crippen LogP contribution in [0.15, 0.2) is 66.7 Å². The van der Waals surface area contributed by atoms with E-state index in [9.17, 15) is 14.0 Å². The van der Waals surface area contributed by atoms with E-state index in [0.29, 0.717) is 28.9 Å². The van der Waals surface area contributed by atoms with Gasteiger partial charge in [-0.2, -0.15) is 0 Å². The number of rotatable bonds is 8. The zero-order valence-electron chi connectivity index (χ0n) is 19.5. The minimum absolute atomic E-state index is 0. The third-order valence-electron chi connectivity index (χ3n) is 5.57. The molecule has 0 radical (unpaired) electrons. The lowest BCUT2D eigenvalue weighted by Gasteiger charge is -2.16. The van der Waals surface area contributed by atoms with Crippen LogP contribution in [-0.4, -0.2) is 36.0 Å². The van der Waals surface area contributed by atoms with Gasteiger partial charge in [-0.1, -0.05) is 36.4 Å². The molecule has 0 fully saturated rings. The molecule has 0 bridgehead atoms. The van der Waals surface area contributed by atoms with E-state index < -0.39 is 11.8 Å². The summed E-state index contributed by atoms with van der Waals surface area (Å²) >= 11 is 0. The zero-order chi connectivity index (χ0) is 24.2. The second-order valence-corrected chi connectivity index (χ2v) is 8.54. The Hall–Kier alpha value is -3.68. The van der Waals surface area contributed by atoms with Crippen LogP contribution in [-0.2, 0) is 22.6 Å². The highest BCUT2D eigenvalue weighted by atomic mass is 35.5. The number of hydrogen-bond donors (Lipinski definition) is 3. The first-order chi connectivity index (χ1) is 16.3. The highest BCUT2D eigenvalue weighted by molar-refractivity contribution is 6.37. The number of benzene rings is 3. The maximum Gasteiger partial charge on any atom is 0.303 e. The number of carboxylic acids is 1. The molecule has 3 aromatic rings. The SMILES string of the molecule is CN(C)Cc1ccc(NC(=C2C(=O)Nc3cc(F)ccc32)c2ccc(CCC(=O)O)cc2)cc1.Cl. The number of amides is 1. The molecule has 182 valence electrons. The summed E-state index contributed by atoms with van der Waals surface area (Å²) in [5.41, 5.74) is 5.68. The summed E-state index contributed by atoms with van der Waals surface area (Å²) in [6.07, 6.45) is 0.469. The molecular formula is C27H27ClFN3O3. The van der Waals surface area contributed by atoms with Gasteiger partial charge in [0, 0.05) is 24.2 Å². The molecule has 0 aromatic heterocycles. The predicted octanol–water partition coefficient (Wildman–Crippen LogP) is 5.26. The maximum absolute atomic E-state index is 13.8. The Bertz CT molecular complexity index is 1260. The summed E-state index contributed by atoms with van der Waals surface area (Å²) in [6, 6.07) is 19.7. The molecule has 0 aliphatic carbocycles. The lowest BCUT2D eigenvalue weighted by atomic mass is 9.98. The molecule has 35 heavy (non-hydrogen) atoms. The van der Waals surface area contributed by atoms with Crippen LogP contribution < -0.4 is 10.6 Å². The summed E-state index contributed by atoms with van der Waals surface area (Å²) in [5, 5.41) is 15.1. The lowest BCUT2D eigenvalue weighted by Crippen LogP contribution is -2.11. The Morgan fingerprint density at radius 2 is 1.66 bits per heavy atom. The number of carboxylic acid groups (broad SMARTS) is 1. The van der Waals surface area contributed by atoms with Gasteiger partial charge in [-0.05, 0) is 67.5 Å². The number of aryl methyl sites for hydroxylation is 1. The van der Waals surface area contributed by atoms with Gasteiger partial charge in [-0.3, -0.25) is 9.59 Å². The molecule has 0 atom stereocenters. The van der Waals surface area contributed by atoms with Gasteiger partial charge in [0.05, 0.1) is 17.0 Å². The second kappa shape index (κ2) is 11.2. The monoisotopic (exact) mass is 495 g/mol. The topological polar surface area (TPSA) is 81.7 Å². The van der Waals surface area contributed by atoms with E-state index in [2.05, 4.69) is 15.5 Å². The van der Waals surface area contributed by atoms with Gasteiger partial charge in [0.25, 0.3) is 5.91 Å². The van der Waals surface area contributed by atoms with Crippen molar-refractivity contribution in [2.45, 2.75) is 19.4 Å². The fourth-order valence-corrected chi connectivity index (χ4v) is 3.96. The second-order valence-electron chi connectivity index (χ2n) is 8.54. The van der Waals surface area contributed by atoms with E-state index in [4.69, 9.17) is 5.11 Å². The van der Waals surface area contributed by atoms with Gasteiger partial charge in [-0.15, -0.1) is 12.4 Å². The first-order valence-corrected chi connectivity index (χ1v) is 11.0. The summed E-state index contributed by atoms with van der Waals surface area (Å²) in [7, 11) is 4.02. The number of carbonyl (C=O) groups excluding carboxylic acids is 1. The predicted molar refractivity (Wildman–Crippen MR) is 139 cm³/mol. The van der Waals surface area contributed by atoms with Gasteiger partial charge in [0.1, 0.15) is 5.82 Å². The quantitative estimate of drug-likeness (QED) is 0.371. The van der Waals surface area contributed by atoms with Gasteiger partial charge in [-0.25, -0.2) is 4.39 Å². The third-order valence-corrected chi connectivity index (χ3v) is 5.57. The third kappa shape index (κ3) is 6.26. The molecule has 1 amide bonds. The van der Waals surface area contributed by atoms with Crippen molar-refractivity contribution in [1.82, 2.24) is 4.90 Å². The molecule has 1 heterocycles. The molecule has 1 aliphatic rings. The largest absolute Gasteiger partial charge is 0.481 e. The highest BCUT2D eigenvalue weighted by Gasteiger charge is 2.28. The van der Waals surface area contributed by atoms with Crippen LogP contribution in [0.1, 0.15) is 28.7 Å². The van der Waals surface area contributed by atoms with Gasteiger partial charge >= 0.3 is 5.97 Å². The molecule has 0 spiro atoms. The van der Waals surface area contributed by atoms with Gasteiger partial charge < -0.3 is 20.6 Å². The van der Waals surface area contributed by atoms with E-state index >= 15 is 0 Å². The van der Waals surface area contributed by atoms with E-state index in [1.165, 1.54) is 12.1 Å². The molecule has 6 nitrogen and oxygen atoms in total. The van der Waals surface area contributed by atoms with Crippen LogP contribution in [0, 0.1) is 5.82 Å². The first kappa shape index (κ1) is 25.9. The molecule has 0 saturated carbocycles. The van der Waals surface area contributed by atoms with Crippen LogP contribution >= 0.6 is 12.4 Å². The van der Waals surface area contributed by atoms with Crippen LogP contribution in [0.4, 0.5) is 15.8 Å². The number of nitrogens with one attached hydrogen (secondary N) is 2. The molecule has 0 saturated heterocycles. The van der Waals surface area contributed by atoms with Crippen molar-refractivity contribution in [2.24, 2.45) is 0 Å². The van der Waals surface area contributed by atoms with E-state index in [-0.39, 0.29) is 24.7 Å². The molecule has 1 aliphatic heterocycles. The summed E-state index contributed by atoms with van der Waals surface area (Å²) in [6.45, 7) is 0.813. The Labute approximate surface area is 209 Å².